The molecule has 15 heteroatoms. The van der Waals surface area contributed by atoms with Crippen molar-refractivity contribution >= 4 is 35.2 Å². The minimum atomic E-state index is -5.10. The van der Waals surface area contributed by atoms with E-state index in [1.165, 1.54) is 0 Å². The van der Waals surface area contributed by atoms with Crippen molar-refractivity contribution in [3.8, 4) is 23.2 Å². The van der Waals surface area contributed by atoms with Crippen LogP contribution in [-0.4, -0.2) is 78.3 Å². The maximum Gasteiger partial charge on any atom is 0.417 e. The van der Waals surface area contributed by atoms with Crippen molar-refractivity contribution in [2.45, 2.75) is 60.6 Å². The van der Waals surface area contributed by atoms with Gasteiger partial charge < -0.3 is 14.4 Å². The van der Waals surface area contributed by atoms with Gasteiger partial charge in [-0.1, -0.05) is 18.3 Å². The largest absolute Gasteiger partial charge is 0.461 e. The van der Waals surface area contributed by atoms with Gasteiger partial charge in [0.15, 0.2) is 5.82 Å². The molecule has 4 atom stereocenters. The average molecular weight is 675 g/mol. The quantitative estimate of drug-likeness (QED) is 0.149. The summed E-state index contributed by atoms with van der Waals surface area (Å²) in [6.07, 6.45) is -3.88. The molecule has 7 rings (SSSR count). The highest BCUT2D eigenvalue weighted by atomic mass is 32.2. The van der Waals surface area contributed by atoms with Gasteiger partial charge in [-0.15, -0.1) is 0 Å². The first kappa shape index (κ1) is 31.7. The summed E-state index contributed by atoms with van der Waals surface area (Å²) in [4.78, 5) is 15.8. The molecule has 0 amide bonds. The first-order chi connectivity index (χ1) is 22.4. The van der Waals surface area contributed by atoms with Crippen LogP contribution < -0.4 is 9.64 Å². The molecule has 0 unspecified atom stereocenters. The van der Waals surface area contributed by atoms with Crippen LogP contribution in [0.2, 0.25) is 0 Å². The maximum absolute atomic E-state index is 16.9. The predicted octanol–water partition coefficient (Wildman–Crippen LogP) is 6.66. The topological polar surface area (TPSA) is 86.9 Å². The molecule has 0 radical (unpaired) electrons. The predicted molar refractivity (Wildman–Crippen MR) is 163 cm³/mol. The number of ether oxygens (including phenoxy) is 2. The van der Waals surface area contributed by atoms with Gasteiger partial charge in [0.2, 0.25) is 0 Å². The standard InChI is InChI=1S/C32H28F6N6O2S/c1-16(40-2)47-28-22(11-39)20(4-5-24(28)34)25-23(32(36,37)38)9-21-27(26(25)35)41-30(42-29(21)44-13-19-8-18(44)14-45-19)46-15-31-6-3-7-43(31)12-17(33)10-31/h4-5,9,17-19H,1-3,6-8,10,12-15H2/t17-,18-,19-,31+/m1/s1. The number of rotatable bonds is 8. The van der Waals surface area contributed by atoms with Gasteiger partial charge in [0.1, 0.15) is 36.0 Å². The minimum Gasteiger partial charge on any atom is -0.461 e. The molecule has 4 aliphatic rings. The molecule has 8 nitrogen and oxygen atoms in total. The third kappa shape index (κ3) is 5.40. The van der Waals surface area contributed by atoms with Crippen molar-refractivity contribution in [1.82, 2.24) is 14.9 Å². The van der Waals surface area contributed by atoms with Crippen molar-refractivity contribution in [2.24, 2.45) is 4.99 Å². The lowest BCUT2D eigenvalue weighted by Gasteiger charge is -2.32. The lowest BCUT2D eigenvalue weighted by Crippen LogP contribution is -2.43. The normalized spacial score (nSPS) is 25.4. The summed E-state index contributed by atoms with van der Waals surface area (Å²) in [6, 6.07) is 3.81. The van der Waals surface area contributed by atoms with Crippen LogP contribution in [-0.2, 0) is 10.9 Å². The third-order valence-corrected chi connectivity index (χ3v) is 10.5. The Labute approximate surface area is 270 Å². The van der Waals surface area contributed by atoms with Crippen LogP contribution in [0.25, 0.3) is 22.0 Å². The van der Waals surface area contributed by atoms with E-state index in [0.29, 0.717) is 44.3 Å². The zero-order chi connectivity index (χ0) is 33.2. The number of aromatic nitrogens is 2. The molecule has 1 aromatic heterocycles. The van der Waals surface area contributed by atoms with Crippen LogP contribution in [0.3, 0.4) is 0 Å². The molecule has 3 aromatic rings. The van der Waals surface area contributed by atoms with Crippen molar-refractivity contribution in [3.63, 3.8) is 0 Å². The van der Waals surface area contributed by atoms with Gasteiger partial charge in [-0.05, 0) is 50.7 Å². The summed E-state index contributed by atoms with van der Waals surface area (Å²) in [7, 11) is 0. The van der Waals surface area contributed by atoms with E-state index in [-0.39, 0.29) is 58.9 Å². The van der Waals surface area contributed by atoms with E-state index in [0.717, 1.165) is 24.6 Å². The minimum absolute atomic E-state index is 0.0149. The van der Waals surface area contributed by atoms with E-state index < -0.39 is 57.3 Å². The molecular formula is C32H28F6N6O2S. The summed E-state index contributed by atoms with van der Waals surface area (Å²) in [6.45, 7) is 8.52. The maximum atomic E-state index is 16.9. The van der Waals surface area contributed by atoms with Crippen LogP contribution in [0, 0.1) is 23.0 Å². The van der Waals surface area contributed by atoms with E-state index in [9.17, 15) is 27.2 Å². The van der Waals surface area contributed by atoms with Crippen LogP contribution in [0.4, 0.5) is 32.2 Å². The number of fused-ring (bicyclic) bond motifs is 4. The molecule has 5 heterocycles. The Hall–Kier alpha value is -3.87. The zero-order valence-electron chi connectivity index (χ0n) is 24.9. The van der Waals surface area contributed by atoms with E-state index in [2.05, 4.69) is 28.3 Å². The summed E-state index contributed by atoms with van der Waals surface area (Å²) >= 11 is 0.588. The Morgan fingerprint density at radius 3 is 2.74 bits per heavy atom. The van der Waals surface area contributed by atoms with Crippen molar-refractivity contribution in [2.75, 3.05) is 37.7 Å². The number of alkyl halides is 4. The number of morpholine rings is 1. The van der Waals surface area contributed by atoms with E-state index in [1.807, 2.05) is 4.90 Å². The highest BCUT2D eigenvalue weighted by molar-refractivity contribution is 8.03. The molecule has 4 fully saturated rings. The molecule has 2 aromatic carbocycles. The van der Waals surface area contributed by atoms with Crippen LogP contribution in [0.5, 0.6) is 6.01 Å². The SMILES string of the molecule is C=NC(=C)Sc1c(F)ccc(-c2c(C(F)(F)F)cc3c(N4C[C@H]5C[C@@H]4CO5)nc(OC[C@@]45CCCN4C[C@H](F)C5)nc3c2F)c1C#N. The highest BCUT2D eigenvalue weighted by Crippen LogP contribution is 2.47. The first-order valence-corrected chi connectivity index (χ1v) is 15.8. The number of aliphatic imine (C=N–C) groups is 1. The molecule has 246 valence electrons. The number of nitriles is 1. The molecule has 0 aliphatic carbocycles. The van der Waals surface area contributed by atoms with Gasteiger partial charge in [0.25, 0.3) is 0 Å². The molecule has 4 saturated heterocycles. The molecule has 2 bridgehead atoms. The number of thioether (sulfide) groups is 1. The summed E-state index contributed by atoms with van der Waals surface area (Å²) < 4.78 is 102. The molecule has 0 N–H and O–H groups in total. The van der Waals surface area contributed by atoms with Crippen LogP contribution in [0.15, 0.2) is 39.7 Å². The lowest BCUT2D eigenvalue weighted by atomic mass is 9.92. The van der Waals surface area contributed by atoms with Gasteiger partial charge in [-0.25, -0.2) is 13.2 Å². The average Bonchev–Trinajstić information content (AvgIpc) is 3.82. The molecule has 0 spiro atoms. The van der Waals surface area contributed by atoms with Gasteiger partial charge in [0.05, 0.1) is 45.3 Å². The summed E-state index contributed by atoms with van der Waals surface area (Å²) in [5.41, 5.74) is -4.44. The second-order valence-corrected chi connectivity index (χ2v) is 13.3. The molecular weight excluding hydrogens is 646 g/mol. The van der Waals surface area contributed by atoms with E-state index >= 15 is 4.39 Å². The van der Waals surface area contributed by atoms with E-state index in [4.69, 9.17) is 9.47 Å². The van der Waals surface area contributed by atoms with E-state index in [1.54, 1.807) is 11.0 Å². The smallest absolute Gasteiger partial charge is 0.417 e. The number of nitrogens with zero attached hydrogens (tertiary/aromatic N) is 6. The second-order valence-electron chi connectivity index (χ2n) is 12.3. The fourth-order valence-electron chi connectivity index (χ4n) is 7.39. The molecule has 47 heavy (non-hydrogen) atoms. The lowest BCUT2D eigenvalue weighted by molar-refractivity contribution is -0.137. The summed E-state index contributed by atoms with van der Waals surface area (Å²) in [5.74, 6) is -2.25. The zero-order valence-corrected chi connectivity index (χ0v) is 25.7. The fourth-order valence-corrected chi connectivity index (χ4v) is 8.12. The Kier molecular flexibility index (Phi) is 7.88. The fraction of sp³-hybridized carbons (Fsp3) is 0.438. The Balaban J connectivity index is 1.42. The number of hydrogen-bond acceptors (Lipinski definition) is 9. The Morgan fingerprint density at radius 2 is 2.06 bits per heavy atom. The number of halogens is 6. The van der Waals surface area contributed by atoms with Gasteiger partial charge in [-0.3, -0.25) is 9.89 Å². The first-order valence-electron chi connectivity index (χ1n) is 15.0. The van der Waals surface area contributed by atoms with Crippen LogP contribution >= 0.6 is 11.8 Å². The number of benzene rings is 2. The number of anilines is 1. The van der Waals surface area contributed by atoms with Crippen molar-refractivity contribution < 1.29 is 35.8 Å². The van der Waals surface area contributed by atoms with Gasteiger partial charge >= 0.3 is 12.2 Å². The van der Waals surface area contributed by atoms with Gasteiger partial charge in [-0.2, -0.15) is 28.4 Å². The molecule has 4 aliphatic heterocycles. The Bertz CT molecular complexity index is 1850. The van der Waals surface area contributed by atoms with Gasteiger partial charge in [0, 0.05) is 36.0 Å². The second kappa shape index (κ2) is 11.7. The van der Waals surface area contributed by atoms with Crippen molar-refractivity contribution in [1.29, 1.82) is 5.26 Å². The van der Waals surface area contributed by atoms with Crippen LogP contribution in [0.1, 0.15) is 36.8 Å². The third-order valence-electron chi connectivity index (χ3n) is 9.49. The monoisotopic (exact) mass is 674 g/mol. The summed E-state index contributed by atoms with van der Waals surface area (Å²) in [5, 5.41) is 9.80. The molecule has 0 saturated carbocycles. The van der Waals surface area contributed by atoms with Crippen molar-refractivity contribution in [3.05, 3.63) is 52.6 Å². The number of hydrogen-bond donors (Lipinski definition) is 0. The Morgan fingerprint density at radius 1 is 1.26 bits per heavy atom. The highest BCUT2D eigenvalue weighted by Gasteiger charge is 2.50.